The Hall–Kier alpha value is -1.48. The topological polar surface area (TPSA) is 21.3 Å². The summed E-state index contributed by atoms with van der Waals surface area (Å²) >= 11 is 3.55. The number of rotatable bonds is 5. The zero-order valence-electron chi connectivity index (χ0n) is 12.1. The van der Waals surface area contributed by atoms with Gasteiger partial charge >= 0.3 is 0 Å². The van der Waals surface area contributed by atoms with Gasteiger partial charge in [-0.2, -0.15) is 0 Å². The van der Waals surface area contributed by atoms with Gasteiger partial charge in [-0.3, -0.25) is 0 Å². The molecule has 0 radical (unpaired) electrons. The number of ether oxygens (including phenoxy) is 1. The molecule has 0 heterocycles. The fourth-order valence-electron chi connectivity index (χ4n) is 1.86. The summed E-state index contributed by atoms with van der Waals surface area (Å²) in [6.45, 7) is 6.95. The summed E-state index contributed by atoms with van der Waals surface area (Å²) in [5, 5.41) is 3.42. The second-order valence-corrected chi connectivity index (χ2v) is 5.98. The smallest absolute Gasteiger partial charge is 0.119 e. The third-order valence-electron chi connectivity index (χ3n) is 2.96. The third kappa shape index (κ3) is 4.27. The molecule has 106 valence electrons. The predicted octanol–water partition coefficient (Wildman–Crippen LogP) is 5.16. The van der Waals surface area contributed by atoms with Crippen molar-refractivity contribution in [3.05, 3.63) is 58.1 Å². The number of hydrogen-bond acceptors (Lipinski definition) is 2. The molecule has 0 aliphatic rings. The van der Waals surface area contributed by atoms with Crippen LogP contribution in [0.1, 0.15) is 25.0 Å². The second-order valence-electron chi connectivity index (χ2n) is 5.13. The molecule has 1 N–H and O–H groups in total. The first-order valence-corrected chi connectivity index (χ1v) is 7.59. The summed E-state index contributed by atoms with van der Waals surface area (Å²) in [5.74, 6) is 0.918. The molecule has 0 saturated heterocycles. The fourth-order valence-corrected chi connectivity index (χ4v) is 2.24. The number of hydrogen-bond donors (Lipinski definition) is 1. The Morgan fingerprint density at radius 3 is 2.40 bits per heavy atom. The van der Waals surface area contributed by atoms with Crippen molar-refractivity contribution in [2.75, 3.05) is 5.32 Å². The van der Waals surface area contributed by atoms with Gasteiger partial charge < -0.3 is 10.1 Å². The Labute approximate surface area is 129 Å². The lowest BCUT2D eigenvalue weighted by Gasteiger charge is -2.11. The van der Waals surface area contributed by atoms with E-state index < -0.39 is 0 Å². The Bertz CT molecular complexity index is 564. The Morgan fingerprint density at radius 1 is 1.10 bits per heavy atom. The Kier molecular flexibility index (Phi) is 5.07. The van der Waals surface area contributed by atoms with Crippen molar-refractivity contribution >= 4 is 21.6 Å². The van der Waals surface area contributed by atoms with Crippen LogP contribution >= 0.6 is 15.9 Å². The third-order valence-corrected chi connectivity index (χ3v) is 3.82. The van der Waals surface area contributed by atoms with Gasteiger partial charge in [0.15, 0.2) is 0 Å². The average Bonchev–Trinajstić information content (AvgIpc) is 2.41. The standard InChI is InChI=1S/C17H20BrNO/c1-12(2)20-16-8-5-14(6-9-16)11-19-15-7-4-13(3)17(18)10-15/h4-10,12,19H,11H2,1-3H3. The van der Waals surface area contributed by atoms with Gasteiger partial charge in [-0.05, 0) is 56.2 Å². The summed E-state index contributed by atoms with van der Waals surface area (Å²) < 4.78 is 6.76. The van der Waals surface area contributed by atoms with Crippen molar-refractivity contribution < 1.29 is 4.74 Å². The molecule has 0 bridgehead atoms. The predicted molar refractivity (Wildman–Crippen MR) is 88.4 cm³/mol. The number of halogens is 1. The minimum absolute atomic E-state index is 0.212. The van der Waals surface area contributed by atoms with Crippen molar-refractivity contribution in [1.29, 1.82) is 0 Å². The maximum absolute atomic E-state index is 5.63. The van der Waals surface area contributed by atoms with E-state index in [2.05, 4.69) is 58.5 Å². The molecule has 2 nitrogen and oxygen atoms in total. The van der Waals surface area contributed by atoms with E-state index in [-0.39, 0.29) is 6.10 Å². The van der Waals surface area contributed by atoms with Crippen molar-refractivity contribution in [2.45, 2.75) is 33.4 Å². The highest BCUT2D eigenvalue weighted by Crippen LogP contribution is 2.21. The molecule has 2 aromatic carbocycles. The van der Waals surface area contributed by atoms with Crippen LogP contribution in [0.3, 0.4) is 0 Å². The molecule has 0 aliphatic carbocycles. The van der Waals surface area contributed by atoms with E-state index in [4.69, 9.17) is 4.74 Å². The molecular weight excluding hydrogens is 314 g/mol. The Morgan fingerprint density at radius 2 is 1.80 bits per heavy atom. The molecule has 2 aromatic rings. The van der Waals surface area contributed by atoms with Crippen molar-refractivity contribution in [1.82, 2.24) is 0 Å². The number of nitrogens with one attached hydrogen (secondary N) is 1. The lowest BCUT2D eigenvalue weighted by atomic mass is 10.2. The molecule has 0 unspecified atom stereocenters. The lowest BCUT2D eigenvalue weighted by Crippen LogP contribution is -2.05. The lowest BCUT2D eigenvalue weighted by molar-refractivity contribution is 0.242. The van der Waals surface area contributed by atoms with Gasteiger partial charge in [-0.1, -0.05) is 34.1 Å². The first-order chi connectivity index (χ1) is 9.54. The monoisotopic (exact) mass is 333 g/mol. The maximum Gasteiger partial charge on any atom is 0.119 e. The maximum atomic E-state index is 5.63. The normalized spacial score (nSPS) is 10.7. The molecule has 0 saturated carbocycles. The largest absolute Gasteiger partial charge is 0.491 e. The molecule has 0 spiro atoms. The van der Waals surface area contributed by atoms with E-state index >= 15 is 0 Å². The zero-order chi connectivity index (χ0) is 14.5. The van der Waals surface area contributed by atoms with Crippen LogP contribution in [0.25, 0.3) is 0 Å². The van der Waals surface area contributed by atoms with Crippen molar-refractivity contribution in [2.24, 2.45) is 0 Å². The van der Waals surface area contributed by atoms with Gasteiger partial charge in [-0.15, -0.1) is 0 Å². The van der Waals surface area contributed by atoms with Gasteiger partial charge in [-0.25, -0.2) is 0 Å². The molecule has 3 heteroatoms. The molecule has 0 fully saturated rings. The van der Waals surface area contributed by atoms with E-state index in [0.29, 0.717) is 0 Å². The van der Waals surface area contributed by atoms with E-state index in [1.807, 2.05) is 26.0 Å². The first-order valence-electron chi connectivity index (χ1n) is 6.80. The molecule has 20 heavy (non-hydrogen) atoms. The summed E-state index contributed by atoms with van der Waals surface area (Å²) in [6, 6.07) is 14.5. The zero-order valence-corrected chi connectivity index (χ0v) is 13.7. The number of aryl methyl sites for hydroxylation is 1. The number of anilines is 1. The molecular formula is C17H20BrNO. The minimum Gasteiger partial charge on any atom is -0.491 e. The summed E-state index contributed by atoms with van der Waals surface area (Å²) in [4.78, 5) is 0. The number of benzene rings is 2. The second kappa shape index (κ2) is 6.80. The van der Waals surface area contributed by atoms with Crippen LogP contribution in [-0.4, -0.2) is 6.10 Å². The van der Waals surface area contributed by atoms with Crippen LogP contribution in [0.5, 0.6) is 5.75 Å². The van der Waals surface area contributed by atoms with Gasteiger partial charge in [0.05, 0.1) is 6.10 Å². The van der Waals surface area contributed by atoms with Gasteiger partial charge in [0.25, 0.3) is 0 Å². The quantitative estimate of drug-likeness (QED) is 0.816. The van der Waals surface area contributed by atoms with E-state index in [0.717, 1.165) is 22.5 Å². The minimum atomic E-state index is 0.212. The average molecular weight is 334 g/mol. The highest BCUT2D eigenvalue weighted by atomic mass is 79.9. The summed E-state index contributed by atoms with van der Waals surface area (Å²) in [7, 11) is 0. The van der Waals surface area contributed by atoms with E-state index in [9.17, 15) is 0 Å². The van der Waals surface area contributed by atoms with Crippen molar-refractivity contribution in [3.63, 3.8) is 0 Å². The van der Waals surface area contributed by atoms with Gasteiger partial charge in [0, 0.05) is 16.7 Å². The van der Waals surface area contributed by atoms with Crippen molar-refractivity contribution in [3.8, 4) is 5.75 Å². The van der Waals surface area contributed by atoms with Gasteiger partial charge in [0.1, 0.15) is 5.75 Å². The molecule has 0 aliphatic heterocycles. The molecule has 0 atom stereocenters. The summed E-state index contributed by atoms with van der Waals surface area (Å²) in [5.41, 5.74) is 3.59. The Balaban J connectivity index is 1.95. The highest BCUT2D eigenvalue weighted by molar-refractivity contribution is 9.10. The highest BCUT2D eigenvalue weighted by Gasteiger charge is 2.00. The van der Waals surface area contributed by atoms with Crippen LogP contribution in [-0.2, 0) is 6.54 Å². The van der Waals surface area contributed by atoms with Crippen LogP contribution < -0.4 is 10.1 Å². The SMILES string of the molecule is Cc1ccc(NCc2ccc(OC(C)C)cc2)cc1Br. The van der Waals surface area contributed by atoms with Gasteiger partial charge in [0.2, 0.25) is 0 Å². The summed E-state index contributed by atoms with van der Waals surface area (Å²) in [6.07, 6.45) is 0.212. The first kappa shape index (κ1) is 14.9. The van der Waals surface area contributed by atoms with E-state index in [1.54, 1.807) is 0 Å². The molecule has 0 amide bonds. The molecule has 2 rings (SSSR count). The van der Waals surface area contributed by atoms with Crippen LogP contribution in [0.4, 0.5) is 5.69 Å². The van der Waals surface area contributed by atoms with Crippen LogP contribution in [0, 0.1) is 6.92 Å². The van der Waals surface area contributed by atoms with Crippen LogP contribution in [0.2, 0.25) is 0 Å². The molecule has 0 aromatic heterocycles. The van der Waals surface area contributed by atoms with Crippen LogP contribution in [0.15, 0.2) is 46.9 Å². The fraction of sp³-hybridized carbons (Fsp3) is 0.294. The van der Waals surface area contributed by atoms with E-state index in [1.165, 1.54) is 11.1 Å².